The Bertz CT molecular complexity index is 196. The van der Waals surface area contributed by atoms with E-state index in [1.165, 1.54) is 6.08 Å². The predicted octanol–water partition coefficient (Wildman–Crippen LogP) is -1.76. The van der Waals surface area contributed by atoms with E-state index in [9.17, 15) is 13.0 Å². The van der Waals surface area contributed by atoms with Gasteiger partial charge in [0.05, 0.1) is 0 Å². The molecule has 60 valence electrons. The average molecular weight is 186 g/mol. The molecule has 0 amide bonds. The van der Waals surface area contributed by atoms with Gasteiger partial charge < -0.3 is 4.55 Å². The van der Waals surface area contributed by atoms with Crippen LogP contribution < -0.4 is 29.6 Å². The van der Waals surface area contributed by atoms with Gasteiger partial charge in [0.1, 0.15) is 10.1 Å². The van der Waals surface area contributed by atoms with Crippen molar-refractivity contribution in [2.45, 2.75) is 26.2 Å². The molecular formula is C6H11NaO3S. The minimum absolute atomic E-state index is 0. The molecule has 0 aromatic heterocycles. The SMILES string of the molecule is CCCC/C=C/S(=O)(=O)[O-].[Na+]. The third-order valence-electron chi connectivity index (χ3n) is 0.987. The van der Waals surface area contributed by atoms with E-state index in [1.807, 2.05) is 6.92 Å². The van der Waals surface area contributed by atoms with Crippen LogP contribution >= 0.6 is 0 Å². The third-order valence-corrected chi connectivity index (χ3v) is 1.51. The summed E-state index contributed by atoms with van der Waals surface area (Å²) in [6.45, 7) is 2.00. The van der Waals surface area contributed by atoms with E-state index in [1.54, 1.807) is 0 Å². The summed E-state index contributed by atoms with van der Waals surface area (Å²) in [6, 6.07) is 0. The summed E-state index contributed by atoms with van der Waals surface area (Å²) in [7, 11) is -4.14. The summed E-state index contributed by atoms with van der Waals surface area (Å²) < 4.78 is 29.9. The van der Waals surface area contributed by atoms with E-state index >= 15 is 0 Å². The van der Waals surface area contributed by atoms with Crippen molar-refractivity contribution in [3.05, 3.63) is 11.5 Å². The molecule has 0 fully saturated rings. The molecule has 0 radical (unpaired) electrons. The molecule has 0 N–H and O–H groups in total. The molecule has 0 atom stereocenters. The van der Waals surface area contributed by atoms with Gasteiger partial charge in [-0.1, -0.05) is 25.8 Å². The quantitative estimate of drug-likeness (QED) is 0.297. The molecule has 0 aromatic rings. The van der Waals surface area contributed by atoms with Gasteiger partial charge in [-0.25, -0.2) is 8.42 Å². The van der Waals surface area contributed by atoms with Gasteiger partial charge in [0, 0.05) is 5.41 Å². The van der Waals surface area contributed by atoms with Gasteiger partial charge in [0.25, 0.3) is 0 Å². The monoisotopic (exact) mass is 186 g/mol. The molecule has 0 heterocycles. The van der Waals surface area contributed by atoms with Gasteiger partial charge in [-0.05, 0) is 6.42 Å². The molecule has 0 saturated carbocycles. The number of hydrogen-bond donors (Lipinski definition) is 0. The van der Waals surface area contributed by atoms with Crippen molar-refractivity contribution in [3.8, 4) is 0 Å². The molecule has 0 aliphatic carbocycles. The zero-order chi connectivity index (χ0) is 8.04. The Balaban J connectivity index is 0. The number of rotatable bonds is 4. The minimum atomic E-state index is -4.14. The first-order chi connectivity index (χ1) is 4.56. The van der Waals surface area contributed by atoms with Gasteiger partial charge in [0.15, 0.2) is 0 Å². The first-order valence-corrected chi connectivity index (χ1v) is 4.66. The van der Waals surface area contributed by atoms with Crippen molar-refractivity contribution in [2.75, 3.05) is 0 Å². The van der Waals surface area contributed by atoms with Crippen molar-refractivity contribution < 1.29 is 42.5 Å². The Morgan fingerprint density at radius 1 is 1.45 bits per heavy atom. The topological polar surface area (TPSA) is 57.2 Å². The van der Waals surface area contributed by atoms with E-state index < -0.39 is 10.1 Å². The van der Waals surface area contributed by atoms with Crippen LogP contribution in [0.1, 0.15) is 26.2 Å². The molecule has 0 aromatic carbocycles. The van der Waals surface area contributed by atoms with Gasteiger partial charge in [-0.3, -0.25) is 0 Å². The molecule has 0 bridgehead atoms. The summed E-state index contributed by atoms with van der Waals surface area (Å²) in [5, 5.41) is 0.711. The second kappa shape index (κ2) is 7.31. The Kier molecular flexibility index (Phi) is 9.43. The van der Waals surface area contributed by atoms with Gasteiger partial charge in [0.2, 0.25) is 0 Å². The summed E-state index contributed by atoms with van der Waals surface area (Å²) in [5.74, 6) is 0. The zero-order valence-corrected chi connectivity index (χ0v) is 9.73. The first-order valence-electron chi connectivity index (χ1n) is 3.18. The van der Waals surface area contributed by atoms with E-state index in [2.05, 4.69) is 0 Å². The molecule has 11 heavy (non-hydrogen) atoms. The van der Waals surface area contributed by atoms with Crippen LogP contribution in [0.2, 0.25) is 0 Å². The summed E-state index contributed by atoms with van der Waals surface area (Å²) in [6.07, 6.45) is 3.99. The Morgan fingerprint density at radius 3 is 2.36 bits per heavy atom. The number of hydrogen-bond acceptors (Lipinski definition) is 3. The maximum absolute atomic E-state index is 9.95. The Morgan fingerprint density at radius 2 is 2.00 bits per heavy atom. The maximum Gasteiger partial charge on any atom is 1.00 e. The second-order valence-electron chi connectivity index (χ2n) is 2.01. The van der Waals surface area contributed by atoms with Crippen LogP contribution in [-0.2, 0) is 10.1 Å². The van der Waals surface area contributed by atoms with Crippen LogP contribution in [-0.4, -0.2) is 13.0 Å². The Hall–Kier alpha value is 0.650. The van der Waals surface area contributed by atoms with E-state index in [0.29, 0.717) is 11.8 Å². The standard InChI is InChI=1S/C6H12O3S.Na/c1-2-3-4-5-6-10(7,8)9;/h5-6H,2-4H2,1H3,(H,7,8,9);/q;+1/p-1/b6-5+;. The van der Waals surface area contributed by atoms with Crippen LogP contribution in [0.25, 0.3) is 0 Å². The molecule has 0 spiro atoms. The van der Waals surface area contributed by atoms with Crippen LogP contribution in [0.5, 0.6) is 0 Å². The van der Waals surface area contributed by atoms with Crippen molar-refractivity contribution >= 4 is 10.1 Å². The van der Waals surface area contributed by atoms with Crippen LogP contribution in [0.3, 0.4) is 0 Å². The molecule has 0 saturated heterocycles. The fraction of sp³-hybridized carbons (Fsp3) is 0.667. The largest absolute Gasteiger partial charge is 1.00 e. The van der Waals surface area contributed by atoms with Crippen molar-refractivity contribution in [1.82, 2.24) is 0 Å². The molecule has 0 aliphatic rings. The van der Waals surface area contributed by atoms with Crippen molar-refractivity contribution in [1.29, 1.82) is 0 Å². The molecule has 0 unspecified atom stereocenters. The van der Waals surface area contributed by atoms with Gasteiger partial charge in [-0.2, -0.15) is 0 Å². The first kappa shape index (κ1) is 14.2. The number of unbranched alkanes of at least 4 members (excludes halogenated alkanes) is 2. The van der Waals surface area contributed by atoms with Gasteiger partial charge >= 0.3 is 29.6 Å². The molecule has 5 heteroatoms. The zero-order valence-electron chi connectivity index (χ0n) is 6.91. The summed E-state index contributed by atoms with van der Waals surface area (Å²) in [4.78, 5) is 0. The van der Waals surface area contributed by atoms with Crippen molar-refractivity contribution in [2.24, 2.45) is 0 Å². The maximum atomic E-state index is 9.95. The van der Waals surface area contributed by atoms with Crippen LogP contribution in [0, 0.1) is 0 Å². The smallest absolute Gasteiger partial charge is 0.744 e. The predicted molar refractivity (Wildman–Crippen MR) is 38.4 cm³/mol. The third kappa shape index (κ3) is 13.6. The summed E-state index contributed by atoms with van der Waals surface area (Å²) in [5.41, 5.74) is 0. The fourth-order valence-electron chi connectivity index (χ4n) is 0.508. The minimum Gasteiger partial charge on any atom is -0.744 e. The summed E-state index contributed by atoms with van der Waals surface area (Å²) >= 11 is 0. The second-order valence-corrected chi connectivity index (χ2v) is 3.26. The fourth-order valence-corrected chi connectivity index (χ4v) is 0.880. The van der Waals surface area contributed by atoms with Gasteiger partial charge in [-0.15, -0.1) is 0 Å². The molecule has 0 rings (SSSR count). The Labute approximate surface area is 89.9 Å². The molecular weight excluding hydrogens is 175 g/mol. The van der Waals surface area contributed by atoms with Crippen LogP contribution in [0.15, 0.2) is 11.5 Å². The number of allylic oxidation sites excluding steroid dienone is 1. The van der Waals surface area contributed by atoms with Crippen LogP contribution in [0.4, 0.5) is 0 Å². The molecule has 3 nitrogen and oxygen atoms in total. The van der Waals surface area contributed by atoms with E-state index in [4.69, 9.17) is 0 Å². The average Bonchev–Trinajstić information content (AvgIpc) is 1.78. The van der Waals surface area contributed by atoms with E-state index in [0.717, 1.165) is 12.8 Å². The normalized spacial score (nSPS) is 11.5. The van der Waals surface area contributed by atoms with Crippen molar-refractivity contribution in [3.63, 3.8) is 0 Å². The molecule has 0 aliphatic heterocycles. The van der Waals surface area contributed by atoms with E-state index in [-0.39, 0.29) is 29.6 Å².